The van der Waals surface area contributed by atoms with Gasteiger partial charge in [-0.2, -0.15) is 0 Å². The Balaban J connectivity index is 2.48. The number of sulfonamides is 1. The molecular weight excluding hydrogens is 282 g/mol. The van der Waals surface area contributed by atoms with E-state index < -0.39 is 10.0 Å². The minimum atomic E-state index is -3.71. The van der Waals surface area contributed by atoms with Crippen molar-refractivity contribution in [1.82, 2.24) is 4.98 Å². The van der Waals surface area contributed by atoms with Crippen LogP contribution >= 0.6 is 11.3 Å². The number of rotatable bonds is 3. The van der Waals surface area contributed by atoms with Crippen LogP contribution < -0.4 is 10.5 Å². The number of nitrogens with one attached hydrogen (secondary N) is 1. The van der Waals surface area contributed by atoms with Crippen LogP contribution in [0.4, 0.5) is 10.8 Å². The zero-order valence-electron chi connectivity index (χ0n) is 10.9. The minimum Gasteiger partial charge on any atom is -0.397 e. The summed E-state index contributed by atoms with van der Waals surface area (Å²) in [6.07, 6.45) is 1.62. The summed E-state index contributed by atoms with van der Waals surface area (Å²) in [6, 6.07) is 3.55. The van der Waals surface area contributed by atoms with Crippen molar-refractivity contribution in [2.24, 2.45) is 0 Å². The van der Waals surface area contributed by atoms with Gasteiger partial charge in [0.05, 0.1) is 5.69 Å². The molecule has 1 aromatic heterocycles. The van der Waals surface area contributed by atoms with Gasteiger partial charge < -0.3 is 5.73 Å². The smallest absolute Gasteiger partial charge is 0.265 e. The van der Waals surface area contributed by atoms with Gasteiger partial charge in [0.25, 0.3) is 10.0 Å². The topological polar surface area (TPSA) is 85.1 Å². The molecule has 0 spiro atoms. The number of thiazole rings is 1. The number of nitrogens with zero attached hydrogens (tertiary/aromatic N) is 1. The maximum atomic E-state index is 12.4. The van der Waals surface area contributed by atoms with Crippen molar-refractivity contribution in [2.75, 3.05) is 10.5 Å². The highest BCUT2D eigenvalue weighted by Gasteiger charge is 2.22. The first-order valence-corrected chi connectivity index (χ1v) is 7.92. The molecule has 5 nitrogen and oxygen atoms in total. The minimum absolute atomic E-state index is 0.125. The number of nitrogen functional groups attached to an aromatic ring is 1. The first-order chi connectivity index (χ1) is 8.81. The average molecular weight is 297 g/mol. The van der Waals surface area contributed by atoms with Gasteiger partial charge in [-0.15, -0.1) is 11.3 Å². The number of benzene rings is 1. The zero-order chi connectivity index (χ0) is 14.2. The van der Waals surface area contributed by atoms with Gasteiger partial charge in [-0.3, -0.25) is 4.72 Å². The molecule has 2 rings (SSSR count). The number of hydrogen-bond donors (Lipinski definition) is 2. The molecule has 0 unspecified atom stereocenters. The Kier molecular flexibility index (Phi) is 3.51. The summed E-state index contributed by atoms with van der Waals surface area (Å²) in [5.74, 6) is 0. The van der Waals surface area contributed by atoms with E-state index in [9.17, 15) is 8.42 Å². The molecule has 1 aromatic carbocycles. The molecule has 0 aliphatic heterocycles. The SMILES string of the molecule is Cc1cnc(NS(=O)(=O)c2c(C)ccc(C)c2N)s1. The van der Waals surface area contributed by atoms with Gasteiger partial charge in [-0.1, -0.05) is 12.1 Å². The van der Waals surface area contributed by atoms with E-state index in [1.54, 1.807) is 32.2 Å². The molecule has 0 aliphatic rings. The first-order valence-electron chi connectivity index (χ1n) is 5.62. The first kappa shape index (κ1) is 13.8. The quantitative estimate of drug-likeness (QED) is 0.852. The number of hydrogen-bond acceptors (Lipinski definition) is 5. The summed E-state index contributed by atoms with van der Waals surface area (Å²) in [6.45, 7) is 5.36. The Morgan fingerprint density at radius 2 is 1.84 bits per heavy atom. The number of nitrogens with two attached hydrogens (primary N) is 1. The van der Waals surface area contributed by atoms with Crippen molar-refractivity contribution in [3.63, 3.8) is 0 Å². The number of anilines is 2. The fraction of sp³-hybridized carbons (Fsp3) is 0.250. The second-order valence-corrected chi connectivity index (χ2v) is 7.18. The van der Waals surface area contributed by atoms with Crippen molar-refractivity contribution >= 4 is 32.2 Å². The van der Waals surface area contributed by atoms with Gasteiger partial charge in [-0.25, -0.2) is 13.4 Å². The third kappa shape index (κ3) is 2.71. The number of aromatic nitrogens is 1. The predicted octanol–water partition coefficient (Wildman–Crippen LogP) is 2.45. The fourth-order valence-corrected chi connectivity index (χ4v) is 4.07. The molecule has 3 N–H and O–H groups in total. The van der Waals surface area contributed by atoms with Crippen LogP contribution in [0.1, 0.15) is 16.0 Å². The van der Waals surface area contributed by atoms with E-state index >= 15 is 0 Å². The normalized spacial score (nSPS) is 11.5. The van der Waals surface area contributed by atoms with Crippen LogP contribution in [0.15, 0.2) is 23.2 Å². The molecule has 2 aromatic rings. The Morgan fingerprint density at radius 1 is 1.21 bits per heavy atom. The van der Waals surface area contributed by atoms with E-state index in [1.807, 2.05) is 6.92 Å². The third-order valence-corrected chi connectivity index (χ3v) is 5.22. The molecule has 1 heterocycles. The molecule has 0 bridgehead atoms. The highest BCUT2D eigenvalue weighted by atomic mass is 32.2. The lowest BCUT2D eigenvalue weighted by molar-refractivity contribution is 0.601. The van der Waals surface area contributed by atoms with Crippen LogP contribution in [0.3, 0.4) is 0 Å². The van der Waals surface area contributed by atoms with E-state index in [1.165, 1.54) is 11.3 Å². The standard InChI is InChI=1S/C12H15N3O2S2/c1-7-4-5-8(2)11(10(7)13)19(16,17)15-12-14-6-9(3)18-12/h4-6H,13H2,1-3H3,(H,14,15). The van der Waals surface area contributed by atoms with Gasteiger partial charge in [0, 0.05) is 11.1 Å². The highest BCUT2D eigenvalue weighted by Crippen LogP contribution is 2.28. The zero-order valence-corrected chi connectivity index (χ0v) is 12.5. The molecule has 0 fully saturated rings. The van der Waals surface area contributed by atoms with Crippen LogP contribution in [0.2, 0.25) is 0 Å². The van der Waals surface area contributed by atoms with Gasteiger partial charge >= 0.3 is 0 Å². The maximum Gasteiger partial charge on any atom is 0.265 e. The molecule has 0 saturated carbocycles. The Bertz CT molecular complexity index is 721. The molecule has 19 heavy (non-hydrogen) atoms. The van der Waals surface area contributed by atoms with E-state index in [-0.39, 0.29) is 10.6 Å². The predicted molar refractivity (Wildman–Crippen MR) is 78.0 cm³/mol. The summed E-state index contributed by atoms with van der Waals surface area (Å²) < 4.78 is 27.2. The third-order valence-electron chi connectivity index (χ3n) is 2.72. The van der Waals surface area contributed by atoms with Gasteiger partial charge in [0.2, 0.25) is 0 Å². The Morgan fingerprint density at radius 3 is 2.42 bits per heavy atom. The van der Waals surface area contributed by atoms with Crippen molar-refractivity contribution in [3.8, 4) is 0 Å². The average Bonchev–Trinajstić information content (AvgIpc) is 2.68. The summed E-state index contributed by atoms with van der Waals surface area (Å²) in [4.78, 5) is 5.06. The van der Waals surface area contributed by atoms with Crippen molar-refractivity contribution < 1.29 is 8.42 Å². The number of aryl methyl sites for hydroxylation is 3. The highest BCUT2D eigenvalue weighted by molar-refractivity contribution is 7.93. The lowest BCUT2D eigenvalue weighted by Crippen LogP contribution is -2.16. The Labute approximate surface area is 116 Å². The van der Waals surface area contributed by atoms with Gasteiger partial charge in [-0.05, 0) is 31.9 Å². The summed E-state index contributed by atoms with van der Waals surface area (Å²) in [7, 11) is -3.71. The second-order valence-electron chi connectivity index (χ2n) is 4.32. The lowest BCUT2D eigenvalue weighted by atomic mass is 10.1. The van der Waals surface area contributed by atoms with Crippen LogP contribution in [-0.4, -0.2) is 13.4 Å². The summed E-state index contributed by atoms with van der Waals surface area (Å²) in [5, 5.41) is 0.345. The van der Waals surface area contributed by atoms with Crippen LogP contribution in [0, 0.1) is 20.8 Å². The molecule has 0 saturated heterocycles. The van der Waals surface area contributed by atoms with E-state index in [4.69, 9.17) is 5.73 Å². The molecule has 7 heteroatoms. The van der Waals surface area contributed by atoms with Crippen LogP contribution in [0.25, 0.3) is 0 Å². The molecule has 0 aliphatic carbocycles. The molecule has 0 amide bonds. The Hall–Kier alpha value is -1.60. The molecule has 102 valence electrons. The summed E-state index contributed by atoms with van der Waals surface area (Å²) in [5.41, 5.74) is 7.52. The fourth-order valence-electron chi connectivity index (χ4n) is 1.73. The summed E-state index contributed by atoms with van der Waals surface area (Å²) >= 11 is 1.28. The van der Waals surface area contributed by atoms with E-state index in [0.29, 0.717) is 10.7 Å². The van der Waals surface area contributed by atoms with Crippen molar-refractivity contribution in [2.45, 2.75) is 25.7 Å². The maximum absolute atomic E-state index is 12.4. The van der Waals surface area contributed by atoms with Crippen molar-refractivity contribution in [1.29, 1.82) is 0 Å². The molecule has 0 atom stereocenters. The molecule has 0 radical (unpaired) electrons. The second kappa shape index (κ2) is 4.82. The van der Waals surface area contributed by atoms with Crippen LogP contribution in [-0.2, 0) is 10.0 Å². The van der Waals surface area contributed by atoms with Gasteiger partial charge in [0.15, 0.2) is 5.13 Å². The van der Waals surface area contributed by atoms with Crippen LogP contribution in [0.5, 0.6) is 0 Å². The molecular formula is C12H15N3O2S2. The van der Waals surface area contributed by atoms with Gasteiger partial charge in [0.1, 0.15) is 4.90 Å². The lowest BCUT2D eigenvalue weighted by Gasteiger charge is -2.12. The van der Waals surface area contributed by atoms with Crippen molar-refractivity contribution in [3.05, 3.63) is 34.3 Å². The monoisotopic (exact) mass is 297 g/mol. The van der Waals surface area contributed by atoms with E-state index in [0.717, 1.165) is 10.4 Å². The van der Waals surface area contributed by atoms with E-state index in [2.05, 4.69) is 9.71 Å². The largest absolute Gasteiger partial charge is 0.397 e.